The van der Waals surface area contributed by atoms with E-state index in [9.17, 15) is 5.11 Å². The van der Waals surface area contributed by atoms with Gasteiger partial charge in [0.15, 0.2) is 5.75 Å². The van der Waals surface area contributed by atoms with E-state index in [0.717, 1.165) is 12.0 Å². The first kappa shape index (κ1) is 20.1. The summed E-state index contributed by atoms with van der Waals surface area (Å²) in [6, 6.07) is 8.19. The molecular formula is C22H28Cl2O. The van der Waals surface area contributed by atoms with Crippen LogP contribution in [0.3, 0.4) is 0 Å². The van der Waals surface area contributed by atoms with E-state index in [1.807, 2.05) is 12.1 Å². The molecule has 0 atom stereocenters. The molecule has 1 nitrogen and oxygen atoms in total. The Kier molecular flexibility index (Phi) is 5.52. The third-order valence-electron chi connectivity index (χ3n) is 4.47. The number of hydrogen-bond donors (Lipinski definition) is 1. The summed E-state index contributed by atoms with van der Waals surface area (Å²) in [6.45, 7) is 15.6. The Hall–Kier alpha value is -1.18. The largest absolute Gasteiger partial charge is 0.505 e. The summed E-state index contributed by atoms with van der Waals surface area (Å²) in [5.74, 6) is -0.0527. The van der Waals surface area contributed by atoms with Gasteiger partial charge in [-0.15, -0.1) is 0 Å². The molecule has 0 spiro atoms. The van der Waals surface area contributed by atoms with Crippen LogP contribution in [0.2, 0.25) is 10.0 Å². The van der Waals surface area contributed by atoms with Crippen molar-refractivity contribution in [1.29, 1.82) is 0 Å². The molecule has 2 aromatic carbocycles. The number of phenolic OH excluding ortho intramolecular Hbond substituents is 1. The molecule has 0 heterocycles. The SMILES string of the molecule is Cc1cc(C(C)(C)C)c(Cc2cc(Cl)c(O)c(Cl)c2)c(C(C)(C)C)c1. The Labute approximate surface area is 162 Å². The summed E-state index contributed by atoms with van der Waals surface area (Å²) in [5, 5.41) is 10.4. The number of halogens is 2. The second kappa shape index (κ2) is 6.85. The predicted octanol–water partition coefficient (Wildman–Crippen LogP) is 7.19. The molecule has 0 bridgehead atoms. The van der Waals surface area contributed by atoms with Gasteiger partial charge in [-0.25, -0.2) is 0 Å². The Morgan fingerprint density at radius 2 is 1.20 bits per heavy atom. The van der Waals surface area contributed by atoms with E-state index in [2.05, 4.69) is 60.6 Å². The van der Waals surface area contributed by atoms with Crippen LogP contribution in [0, 0.1) is 6.92 Å². The van der Waals surface area contributed by atoms with E-state index in [4.69, 9.17) is 23.2 Å². The zero-order valence-electron chi connectivity index (χ0n) is 16.2. The molecule has 0 aliphatic carbocycles. The minimum atomic E-state index is -0.0527. The summed E-state index contributed by atoms with van der Waals surface area (Å²) in [4.78, 5) is 0. The highest BCUT2D eigenvalue weighted by Crippen LogP contribution is 2.38. The average Bonchev–Trinajstić information content (AvgIpc) is 2.43. The van der Waals surface area contributed by atoms with Gasteiger partial charge in [0.1, 0.15) is 0 Å². The third-order valence-corrected chi connectivity index (χ3v) is 5.04. The van der Waals surface area contributed by atoms with Crippen molar-refractivity contribution < 1.29 is 5.11 Å². The normalized spacial score (nSPS) is 12.5. The number of hydrogen-bond acceptors (Lipinski definition) is 1. The molecule has 1 N–H and O–H groups in total. The third kappa shape index (κ3) is 4.51. The Morgan fingerprint density at radius 1 is 0.800 bits per heavy atom. The van der Waals surface area contributed by atoms with Crippen LogP contribution in [-0.2, 0) is 17.3 Å². The summed E-state index contributed by atoms with van der Waals surface area (Å²) in [6.07, 6.45) is 0.735. The van der Waals surface area contributed by atoms with Gasteiger partial charge in [0.05, 0.1) is 10.0 Å². The van der Waals surface area contributed by atoms with Crippen LogP contribution in [0.1, 0.15) is 69.4 Å². The molecule has 2 aromatic rings. The first-order valence-electron chi connectivity index (χ1n) is 8.62. The van der Waals surface area contributed by atoms with E-state index in [1.165, 1.54) is 22.3 Å². The molecule has 0 unspecified atom stereocenters. The molecule has 0 aliphatic heterocycles. The van der Waals surface area contributed by atoms with Crippen LogP contribution in [0.15, 0.2) is 24.3 Å². The van der Waals surface area contributed by atoms with Crippen LogP contribution < -0.4 is 0 Å². The lowest BCUT2D eigenvalue weighted by Crippen LogP contribution is -2.22. The van der Waals surface area contributed by atoms with Crippen molar-refractivity contribution in [3.63, 3.8) is 0 Å². The van der Waals surface area contributed by atoms with Gasteiger partial charge < -0.3 is 5.11 Å². The number of benzene rings is 2. The second-order valence-corrected chi connectivity index (χ2v) is 9.74. The first-order valence-corrected chi connectivity index (χ1v) is 9.37. The van der Waals surface area contributed by atoms with Gasteiger partial charge in [0.2, 0.25) is 0 Å². The lowest BCUT2D eigenvalue weighted by molar-refractivity contribution is 0.475. The van der Waals surface area contributed by atoms with E-state index < -0.39 is 0 Å². The standard InChI is InChI=1S/C22H28Cl2O/c1-13-8-16(21(2,3)4)15(17(9-13)22(5,6)7)10-14-11-18(23)20(25)19(24)12-14/h8-9,11-12,25H,10H2,1-7H3. The van der Waals surface area contributed by atoms with Gasteiger partial charge in [0.25, 0.3) is 0 Å². The lowest BCUT2D eigenvalue weighted by atomic mass is 9.74. The molecule has 0 aromatic heterocycles. The molecule has 2 rings (SSSR count). The monoisotopic (exact) mass is 378 g/mol. The summed E-state index contributed by atoms with van der Waals surface area (Å²) < 4.78 is 0. The Bertz CT molecular complexity index is 735. The van der Waals surface area contributed by atoms with E-state index in [0.29, 0.717) is 10.0 Å². The van der Waals surface area contributed by atoms with Crippen molar-refractivity contribution in [2.24, 2.45) is 0 Å². The highest BCUT2D eigenvalue weighted by atomic mass is 35.5. The molecule has 3 heteroatoms. The zero-order valence-corrected chi connectivity index (χ0v) is 17.7. The molecule has 0 radical (unpaired) electrons. The van der Waals surface area contributed by atoms with Crippen molar-refractivity contribution in [2.45, 2.75) is 65.7 Å². The van der Waals surface area contributed by atoms with Crippen molar-refractivity contribution in [2.75, 3.05) is 0 Å². The number of phenols is 1. The molecule has 0 amide bonds. The minimum Gasteiger partial charge on any atom is -0.505 e. The summed E-state index contributed by atoms with van der Waals surface area (Å²) >= 11 is 12.3. The van der Waals surface area contributed by atoms with Gasteiger partial charge in [-0.05, 0) is 58.6 Å². The highest BCUT2D eigenvalue weighted by Gasteiger charge is 2.26. The van der Waals surface area contributed by atoms with Crippen LogP contribution in [0.5, 0.6) is 5.75 Å². The first-order chi connectivity index (χ1) is 11.3. The maximum absolute atomic E-state index is 9.84. The maximum atomic E-state index is 9.84. The smallest absolute Gasteiger partial charge is 0.152 e. The molecular weight excluding hydrogens is 351 g/mol. The quantitative estimate of drug-likeness (QED) is 0.585. The van der Waals surface area contributed by atoms with E-state index >= 15 is 0 Å². The predicted molar refractivity (Wildman–Crippen MR) is 110 cm³/mol. The molecule has 136 valence electrons. The van der Waals surface area contributed by atoms with Gasteiger partial charge in [-0.1, -0.05) is 82.4 Å². The van der Waals surface area contributed by atoms with Crippen molar-refractivity contribution in [1.82, 2.24) is 0 Å². The van der Waals surface area contributed by atoms with Crippen LogP contribution in [0.4, 0.5) is 0 Å². The molecule has 25 heavy (non-hydrogen) atoms. The Morgan fingerprint density at radius 3 is 1.56 bits per heavy atom. The topological polar surface area (TPSA) is 20.2 Å². The van der Waals surface area contributed by atoms with Crippen LogP contribution >= 0.6 is 23.2 Å². The molecule has 0 aliphatic rings. The summed E-state index contributed by atoms with van der Waals surface area (Å²) in [5.41, 5.74) is 6.37. The Balaban J connectivity index is 2.70. The van der Waals surface area contributed by atoms with Gasteiger partial charge in [-0.3, -0.25) is 0 Å². The summed E-state index contributed by atoms with van der Waals surface area (Å²) in [7, 11) is 0. The van der Waals surface area contributed by atoms with Crippen LogP contribution in [-0.4, -0.2) is 5.11 Å². The minimum absolute atomic E-state index is 0.0336. The molecule has 0 saturated carbocycles. The van der Waals surface area contributed by atoms with Gasteiger partial charge >= 0.3 is 0 Å². The van der Waals surface area contributed by atoms with Crippen molar-refractivity contribution in [3.05, 3.63) is 62.1 Å². The molecule has 0 saturated heterocycles. The number of rotatable bonds is 2. The highest BCUT2D eigenvalue weighted by molar-refractivity contribution is 6.37. The van der Waals surface area contributed by atoms with Gasteiger partial charge in [0, 0.05) is 0 Å². The lowest BCUT2D eigenvalue weighted by Gasteiger charge is -2.31. The second-order valence-electron chi connectivity index (χ2n) is 8.92. The zero-order chi connectivity index (χ0) is 19.2. The molecule has 0 fully saturated rings. The van der Waals surface area contributed by atoms with E-state index in [-0.39, 0.29) is 16.6 Å². The van der Waals surface area contributed by atoms with E-state index in [1.54, 1.807) is 0 Å². The fourth-order valence-corrected chi connectivity index (χ4v) is 3.80. The fraction of sp³-hybridized carbons (Fsp3) is 0.455. The van der Waals surface area contributed by atoms with Crippen molar-refractivity contribution in [3.8, 4) is 5.75 Å². The van der Waals surface area contributed by atoms with Crippen molar-refractivity contribution >= 4 is 23.2 Å². The van der Waals surface area contributed by atoms with Gasteiger partial charge in [-0.2, -0.15) is 0 Å². The average molecular weight is 379 g/mol. The fourth-order valence-electron chi connectivity index (χ4n) is 3.27. The number of aryl methyl sites for hydroxylation is 1. The maximum Gasteiger partial charge on any atom is 0.152 e. The number of aromatic hydroxyl groups is 1. The van der Waals surface area contributed by atoms with Crippen LogP contribution in [0.25, 0.3) is 0 Å².